The smallest absolute Gasteiger partial charge is 0.341 e. The summed E-state index contributed by atoms with van der Waals surface area (Å²) < 4.78 is 69.7. The van der Waals surface area contributed by atoms with Crippen LogP contribution in [0.15, 0.2) is 66.9 Å². The van der Waals surface area contributed by atoms with E-state index in [1.54, 1.807) is 18.3 Å². The van der Waals surface area contributed by atoms with E-state index in [0.29, 0.717) is 28.9 Å². The lowest BCUT2D eigenvalue weighted by atomic mass is 9.93. The summed E-state index contributed by atoms with van der Waals surface area (Å²) in [6.45, 7) is 0. The molecule has 14 heteroatoms. The number of carbonyl (C=O) groups excluding carboxylic acids is 2. The van der Waals surface area contributed by atoms with Crippen LogP contribution in [0.3, 0.4) is 0 Å². The summed E-state index contributed by atoms with van der Waals surface area (Å²) in [5, 5.41) is 13.1. The van der Waals surface area contributed by atoms with Gasteiger partial charge in [-0.1, -0.05) is 11.6 Å². The topological polar surface area (TPSA) is 88.4 Å². The third kappa shape index (κ3) is 4.92. The van der Waals surface area contributed by atoms with Gasteiger partial charge in [-0.2, -0.15) is 13.2 Å². The van der Waals surface area contributed by atoms with Gasteiger partial charge < -0.3 is 10.6 Å². The van der Waals surface area contributed by atoms with Crippen LogP contribution >= 0.6 is 23.2 Å². The van der Waals surface area contributed by atoms with Gasteiger partial charge in [0.15, 0.2) is 5.65 Å². The van der Waals surface area contributed by atoms with Crippen LogP contribution in [0.2, 0.25) is 10.3 Å². The Morgan fingerprint density at radius 1 is 0.929 bits per heavy atom. The van der Waals surface area contributed by atoms with Crippen molar-refractivity contribution in [1.82, 2.24) is 19.9 Å². The molecule has 1 aliphatic rings. The lowest BCUT2D eigenvalue weighted by molar-refractivity contribution is -0.137. The maximum absolute atomic E-state index is 14.2. The molecule has 0 saturated carbocycles. The second kappa shape index (κ2) is 10.1. The van der Waals surface area contributed by atoms with Crippen LogP contribution in [0, 0.1) is 11.6 Å². The number of hydrogen-bond donors (Lipinski definition) is 2. The SMILES string of the molecule is O=C(Nc1cc(-c2ccc3nnc(Cl)n3c2)cc2c1[C@@H](c1cc(F)ccc1Cl)NC2=O)c1cc(F)cc(C(F)(F)F)c1. The van der Waals surface area contributed by atoms with E-state index in [2.05, 4.69) is 20.8 Å². The van der Waals surface area contributed by atoms with E-state index in [9.17, 15) is 31.5 Å². The van der Waals surface area contributed by atoms with Crippen LogP contribution in [-0.4, -0.2) is 26.4 Å². The monoisotopic (exact) mass is 617 g/mol. The van der Waals surface area contributed by atoms with Crippen molar-refractivity contribution < 1.29 is 31.5 Å². The van der Waals surface area contributed by atoms with Crippen molar-refractivity contribution in [3.05, 3.63) is 117 Å². The first-order valence-corrected chi connectivity index (χ1v) is 12.8. The zero-order valence-electron chi connectivity index (χ0n) is 20.7. The molecule has 0 saturated heterocycles. The number of fused-ring (bicyclic) bond motifs is 2. The first-order valence-electron chi connectivity index (χ1n) is 12.0. The summed E-state index contributed by atoms with van der Waals surface area (Å²) in [5.74, 6) is -3.58. The molecule has 0 spiro atoms. The first-order chi connectivity index (χ1) is 19.9. The van der Waals surface area contributed by atoms with Crippen LogP contribution < -0.4 is 10.6 Å². The second-order valence-electron chi connectivity index (χ2n) is 9.35. The molecule has 1 aliphatic heterocycles. The van der Waals surface area contributed by atoms with Gasteiger partial charge in [0.25, 0.3) is 11.8 Å². The largest absolute Gasteiger partial charge is 0.416 e. The van der Waals surface area contributed by atoms with Crippen molar-refractivity contribution >= 4 is 46.4 Å². The summed E-state index contributed by atoms with van der Waals surface area (Å²) in [6.07, 6.45) is -3.32. The van der Waals surface area contributed by atoms with Gasteiger partial charge in [-0.25, -0.2) is 8.78 Å². The van der Waals surface area contributed by atoms with Gasteiger partial charge in [0.2, 0.25) is 5.28 Å². The zero-order valence-corrected chi connectivity index (χ0v) is 22.2. The highest BCUT2D eigenvalue weighted by molar-refractivity contribution is 6.31. The summed E-state index contributed by atoms with van der Waals surface area (Å²) in [5.41, 5.74) is -0.204. The number of rotatable bonds is 4. The van der Waals surface area contributed by atoms with E-state index >= 15 is 0 Å². The Hall–Kier alpha value is -4.55. The van der Waals surface area contributed by atoms with Crippen molar-refractivity contribution in [2.45, 2.75) is 12.2 Å². The Labute approximate surface area is 242 Å². The molecule has 6 rings (SSSR count). The number of halogens is 7. The van der Waals surface area contributed by atoms with E-state index < -0.39 is 46.8 Å². The zero-order chi connectivity index (χ0) is 29.9. The lowest BCUT2D eigenvalue weighted by Gasteiger charge is -2.19. The fraction of sp³-hybridized carbons (Fsp3) is 0.0714. The number of aromatic nitrogens is 3. The number of anilines is 1. The normalized spacial score (nSPS) is 14.6. The summed E-state index contributed by atoms with van der Waals surface area (Å²) in [7, 11) is 0. The summed E-state index contributed by atoms with van der Waals surface area (Å²) >= 11 is 12.4. The predicted molar refractivity (Wildman–Crippen MR) is 144 cm³/mol. The minimum atomic E-state index is -4.91. The van der Waals surface area contributed by atoms with Gasteiger partial charge in [0.05, 0.1) is 11.6 Å². The van der Waals surface area contributed by atoms with Gasteiger partial charge in [-0.3, -0.25) is 14.0 Å². The molecule has 2 N–H and O–H groups in total. The molecule has 0 radical (unpaired) electrons. The molecule has 0 bridgehead atoms. The van der Waals surface area contributed by atoms with Crippen LogP contribution in [0.25, 0.3) is 16.8 Å². The molecule has 0 aliphatic carbocycles. The van der Waals surface area contributed by atoms with E-state index in [0.717, 1.165) is 12.1 Å². The maximum Gasteiger partial charge on any atom is 0.416 e. The average Bonchev–Trinajstić information content (AvgIpc) is 3.48. The van der Waals surface area contributed by atoms with Crippen molar-refractivity contribution in [2.24, 2.45) is 0 Å². The lowest BCUT2D eigenvalue weighted by Crippen LogP contribution is -2.21. The molecule has 0 unspecified atom stereocenters. The van der Waals surface area contributed by atoms with Crippen molar-refractivity contribution in [3.63, 3.8) is 0 Å². The van der Waals surface area contributed by atoms with Crippen molar-refractivity contribution in [2.75, 3.05) is 5.32 Å². The minimum absolute atomic E-state index is 0.0102. The molecular weight excluding hydrogens is 604 g/mol. The highest BCUT2D eigenvalue weighted by atomic mass is 35.5. The number of amides is 2. The highest BCUT2D eigenvalue weighted by Crippen LogP contribution is 2.42. The third-order valence-electron chi connectivity index (χ3n) is 6.69. The Balaban J connectivity index is 1.52. The summed E-state index contributed by atoms with van der Waals surface area (Å²) in [6, 6.07) is 10.2. The van der Waals surface area contributed by atoms with Gasteiger partial charge in [0.1, 0.15) is 11.6 Å². The Morgan fingerprint density at radius 3 is 2.48 bits per heavy atom. The number of nitrogens with one attached hydrogen (secondary N) is 2. The van der Waals surface area contributed by atoms with E-state index in [1.165, 1.54) is 22.6 Å². The number of benzene rings is 3. The predicted octanol–water partition coefficient (Wildman–Crippen LogP) is 7.09. The second-order valence-corrected chi connectivity index (χ2v) is 10.1. The molecule has 42 heavy (non-hydrogen) atoms. The molecule has 5 aromatic rings. The minimum Gasteiger partial charge on any atom is -0.341 e. The molecule has 3 heterocycles. The molecule has 2 aromatic heterocycles. The van der Waals surface area contributed by atoms with Crippen LogP contribution in [-0.2, 0) is 6.18 Å². The molecule has 212 valence electrons. The number of alkyl halides is 3. The van der Waals surface area contributed by atoms with Gasteiger partial charge >= 0.3 is 6.18 Å². The fourth-order valence-electron chi connectivity index (χ4n) is 4.78. The van der Waals surface area contributed by atoms with Crippen molar-refractivity contribution in [1.29, 1.82) is 0 Å². The quantitative estimate of drug-likeness (QED) is 0.211. The standard InChI is InChI=1S/C28H14Cl2F5N5O2/c29-20-3-2-16(31)10-18(20)24-23-19(26(42)37-24)7-13(12-1-4-22-38-39-27(30)40(22)11-12)8-21(23)36-25(41)14-5-15(28(33,34)35)9-17(32)6-14/h1-11,24H,(H,36,41)(H,37,42)/t24-/m1/s1. The van der Waals surface area contributed by atoms with E-state index in [-0.39, 0.29) is 38.8 Å². The summed E-state index contributed by atoms with van der Waals surface area (Å²) in [4.78, 5) is 26.4. The number of nitrogens with zero attached hydrogens (tertiary/aromatic N) is 3. The van der Waals surface area contributed by atoms with Crippen LogP contribution in [0.5, 0.6) is 0 Å². The number of hydrogen-bond acceptors (Lipinski definition) is 4. The van der Waals surface area contributed by atoms with Gasteiger partial charge in [-0.15, -0.1) is 10.2 Å². The maximum atomic E-state index is 14.2. The molecule has 7 nitrogen and oxygen atoms in total. The molecule has 0 fully saturated rings. The van der Waals surface area contributed by atoms with Gasteiger partial charge in [-0.05, 0) is 83.4 Å². The molecule has 2 amide bonds. The Bertz CT molecular complexity index is 1940. The van der Waals surface area contributed by atoms with Gasteiger partial charge in [0, 0.05) is 39.2 Å². The molecule has 3 aromatic carbocycles. The van der Waals surface area contributed by atoms with E-state index in [1.807, 2.05) is 0 Å². The average molecular weight is 618 g/mol. The molecular formula is C28H14Cl2F5N5O2. The van der Waals surface area contributed by atoms with Crippen LogP contribution in [0.1, 0.15) is 43.4 Å². The molecule has 1 atom stereocenters. The number of carbonyl (C=O) groups is 2. The van der Waals surface area contributed by atoms with E-state index in [4.69, 9.17) is 23.2 Å². The Kier molecular flexibility index (Phi) is 6.62. The fourth-order valence-corrected chi connectivity index (χ4v) is 5.18. The third-order valence-corrected chi connectivity index (χ3v) is 7.29. The number of pyridine rings is 1. The highest BCUT2D eigenvalue weighted by Gasteiger charge is 2.36. The van der Waals surface area contributed by atoms with Crippen molar-refractivity contribution in [3.8, 4) is 11.1 Å². The van der Waals surface area contributed by atoms with Crippen LogP contribution in [0.4, 0.5) is 27.6 Å². The first kappa shape index (κ1) is 27.6. The Morgan fingerprint density at radius 2 is 1.71 bits per heavy atom.